The van der Waals surface area contributed by atoms with Crippen molar-refractivity contribution in [2.45, 2.75) is 43.2 Å². The summed E-state index contributed by atoms with van der Waals surface area (Å²) < 4.78 is 0. The van der Waals surface area contributed by atoms with Crippen molar-refractivity contribution in [3.63, 3.8) is 0 Å². The minimum absolute atomic E-state index is 0.0173. The Kier molecular flexibility index (Phi) is 4.57. The molecule has 0 aliphatic heterocycles. The normalized spacial score (nSPS) is 18.2. The Morgan fingerprint density at radius 2 is 1.94 bits per heavy atom. The van der Waals surface area contributed by atoms with Crippen LogP contribution < -0.4 is 5.32 Å². The third kappa shape index (κ3) is 3.92. The zero-order valence-electron chi connectivity index (χ0n) is 10.7. The van der Waals surface area contributed by atoms with Gasteiger partial charge in [0.05, 0.1) is 5.25 Å². The van der Waals surface area contributed by atoms with Crippen LogP contribution in [0.2, 0.25) is 5.02 Å². The van der Waals surface area contributed by atoms with Crippen LogP contribution in [0.5, 0.6) is 0 Å². The lowest BCUT2D eigenvalue weighted by atomic mass is 10.2. The molecule has 98 valence electrons. The molecule has 1 N–H and O–H groups in total. The number of nitrogens with one attached hydrogen (secondary N) is 1. The predicted molar refractivity (Wildman–Crippen MR) is 78.1 cm³/mol. The SMILES string of the molecule is CC(SC(C)c1ccc(Cl)cc1)C(=O)NC1CC1. The van der Waals surface area contributed by atoms with Gasteiger partial charge in [-0.25, -0.2) is 0 Å². The Morgan fingerprint density at radius 1 is 1.33 bits per heavy atom. The molecular weight excluding hydrogens is 266 g/mol. The van der Waals surface area contributed by atoms with Crippen molar-refractivity contribution in [2.75, 3.05) is 0 Å². The first-order valence-corrected chi connectivity index (χ1v) is 7.59. The van der Waals surface area contributed by atoms with E-state index in [-0.39, 0.29) is 11.2 Å². The van der Waals surface area contributed by atoms with Crippen LogP contribution in [0.1, 0.15) is 37.5 Å². The Labute approximate surface area is 117 Å². The summed E-state index contributed by atoms with van der Waals surface area (Å²) in [5, 5.41) is 4.06. The molecule has 0 spiro atoms. The van der Waals surface area contributed by atoms with Crippen LogP contribution in [0.3, 0.4) is 0 Å². The lowest BCUT2D eigenvalue weighted by molar-refractivity contribution is -0.120. The largest absolute Gasteiger partial charge is 0.352 e. The summed E-state index contributed by atoms with van der Waals surface area (Å²) in [7, 11) is 0. The fourth-order valence-corrected chi connectivity index (χ4v) is 2.97. The number of carbonyl (C=O) groups is 1. The number of rotatable bonds is 5. The van der Waals surface area contributed by atoms with E-state index in [1.165, 1.54) is 5.56 Å². The zero-order valence-corrected chi connectivity index (χ0v) is 12.2. The summed E-state index contributed by atoms with van der Waals surface area (Å²) in [6.45, 7) is 4.09. The second-order valence-corrected chi connectivity index (χ2v) is 6.88. The van der Waals surface area contributed by atoms with Gasteiger partial charge in [0.25, 0.3) is 0 Å². The third-order valence-electron chi connectivity index (χ3n) is 3.04. The van der Waals surface area contributed by atoms with Crippen LogP contribution in [0, 0.1) is 0 Å². The number of halogens is 1. The van der Waals surface area contributed by atoms with Crippen molar-refractivity contribution in [2.24, 2.45) is 0 Å². The van der Waals surface area contributed by atoms with E-state index in [9.17, 15) is 4.79 Å². The van der Waals surface area contributed by atoms with Crippen LogP contribution in [-0.4, -0.2) is 17.2 Å². The molecule has 0 saturated heterocycles. The van der Waals surface area contributed by atoms with Crippen molar-refractivity contribution in [3.8, 4) is 0 Å². The van der Waals surface area contributed by atoms with Crippen LogP contribution >= 0.6 is 23.4 Å². The van der Waals surface area contributed by atoms with Gasteiger partial charge in [0, 0.05) is 16.3 Å². The van der Waals surface area contributed by atoms with Crippen molar-refractivity contribution in [1.29, 1.82) is 0 Å². The summed E-state index contributed by atoms with van der Waals surface area (Å²) in [6, 6.07) is 8.26. The van der Waals surface area contributed by atoms with Crippen LogP contribution in [0.25, 0.3) is 0 Å². The number of hydrogen-bond acceptors (Lipinski definition) is 2. The Balaban J connectivity index is 1.87. The summed E-state index contributed by atoms with van der Waals surface area (Å²) >= 11 is 7.55. The molecule has 0 bridgehead atoms. The molecule has 1 aromatic carbocycles. The van der Waals surface area contributed by atoms with Gasteiger partial charge in [-0.15, -0.1) is 11.8 Å². The number of thioether (sulfide) groups is 1. The molecule has 1 aliphatic carbocycles. The molecule has 0 heterocycles. The maximum atomic E-state index is 11.9. The van der Waals surface area contributed by atoms with Gasteiger partial charge in [-0.2, -0.15) is 0 Å². The first-order chi connectivity index (χ1) is 8.56. The average molecular weight is 284 g/mol. The first kappa shape index (κ1) is 13.8. The quantitative estimate of drug-likeness (QED) is 0.890. The number of benzene rings is 1. The van der Waals surface area contributed by atoms with E-state index in [0.717, 1.165) is 17.9 Å². The zero-order chi connectivity index (χ0) is 13.1. The van der Waals surface area contributed by atoms with Crippen LogP contribution in [0.15, 0.2) is 24.3 Å². The minimum atomic E-state index is -0.0173. The standard InChI is InChI=1S/C14H18ClNOS/c1-9(11-3-5-12(15)6-4-11)18-10(2)14(17)16-13-7-8-13/h3-6,9-10,13H,7-8H2,1-2H3,(H,16,17). The number of amides is 1. The lowest BCUT2D eigenvalue weighted by Gasteiger charge is -2.17. The Hall–Kier alpha value is -0.670. The molecule has 1 saturated carbocycles. The highest BCUT2D eigenvalue weighted by molar-refractivity contribution is 8.00. The van der Waals surface area contributed by atoms with E-state index < -0.39 is 0 Å². The van der Waals surface area contributed by atoms with Crippen LogP contribution in [0.4, 0.5) is 0 Å². The first-order valence-electron chi connectivity index (χ1n) is 6.27. The average Bonchev–Trinajstić information content (AvgIpc) is 3.13. The van der Waals surface area contributed by atoms with Gasteiger partial charge in [-0.05, 0) is 44.4 Å². The molecule has 2 nitrogen and oxygen atoms in total. The molecule has 0 radical (unpaired) electrons. The molecule has 2 atom stereocenters. The molecule has 1 fully saturated rings. The highest BCUT2D eigenvalue weighted by Crippen LogP contribution is 2.32. The molecule has 1 aromatic rings. The van der Waals surface area contributed by atoms with Gasteiger partial charge < -0.3 is 5.32 Å². The van der Waals surface area contributed by atoms with Gasteiger partial charge >= 0.3 is 0 Å². The monoisotopic (exact) mass is 283 g/mol. The summed E-state index contributed by atoms with van der Waals surface area (Å²) in [5.41, 5.74) is 1.20. The van der Waals surface area contributed by atoms with E-state index in [4.69, 9.17) is 11.6 Å². The Morgan fingerprint density at radius 3 is 2.50 bits per heavy atom. The van der Waals surface area contributed by atoms with E-state index in [1.54, 1.807) is 11.8 Å². The van der Waals surface area contributed by atoms with Crippen molar-refractivity contribution in [1.82, 2.24) is 5.32 Å². The molecule has 4 heteroatoms. The Bertz CT molecular complexity index is 416. The molecule has 0 aromatic heterocycles. The van der Waals surface area contributed by atoms with Crippen molar-refractivity contribution in [3.05, 3.63) is 34.9 Å². The maximum absolute atomic E-state index is 11.9. The molecule has 18 heavy (non-hydrogen) atoms. The number of carbonyl (C=O) groups excluding carboxylic acids is 1. The molecule has 2 unspecified atom stereocenters. The molecule has 1 amide bonds. The summed E-state index contributed by atoms with van der Waals surface area (Å²) in [4.78, 5) is 11.9. The van der Waals surface area contributed by atoms with Gasteiger partial charge in [0.15, 0.2) is 0 Å². The highest BCUT2D eigenvalue weighted by atomic mass is 35.5. The molecule has 1 aliphatic rings. The van der Waals surface area contributed by atoms with Gasteiger partial charge in [0.1, 0.15) is 0 Å². The van der Waals surface area contributed by atoms with Crippen molar-refractivity contribution >= 4 is 29.3 Å². The maximum Gasteiger partial charge on any atom is 0.233 e. The fraction of sp³-hybridized carbons (Fsp3) is 0.500. The predicted octanol–water partition coefficient (Wildman–Crippen LogP) is 3.80. The second kappa shape index (κ2) is 5.98. The third-order valence-corrected chi connectivity index (χ3v) is 4.60. The summed E-state index contributed by atoms with van der Waals surface area (Å²) in [6.07, 6.45) is 2.27. The fourth-order valence-electron chi connectivity index (χ4n) is 1.73. The van der Waals surface area contributed by atoms with Crippen LogP contribution in [-0.2, 0) is 4.79 Å². The van der Waals surface area contributed by atoms with E-state index in [0.29, 0.717) is 11.3 Å². The van der Waals surface area contributed by atoms with E-state index in [2.05, 4.69) is 12.2 Å². The van der Waals surface area contributed by atoms with Gasteiger partial charge in [0.2, 0.25) is 5.91 Å². The highest BCUT2D eigenvalue weighted by Gasteiger charge is 2.26. The summed E-state index contributed by atoms with van der Waals surface area (Å²) in [5.74, 6) is 0.156. The minimum Gasteiger partial charge on any atom is -0.352 e. The molecular formula is C14H18ClNOS. The smallest absolute Gasteiger partial charge is 0.233 e. The van der Waals surface area contributed by atoms with E-state index in [1.807, 2.05) is 31.2 Å². The van der Waals surface area contributed by atoms with Crippen molar-refractivity contribution < 1.29 is 4.79 Å². The number of hydrogen-bond donors (Lipinski definition) is 1. The van der Waals surface area contributed by atoms with E-state index >= 15 is 0 Å². The molecule has 2 rings (SSSR count). The second-order valence-electron chi connectivity index (χ2n) is 4.75. The lowest BCUT2D eigenvalue weighted by Crippen LogP contribution is -2.32. The topological polar surface area (TPSA) is 29.1 Å². The van der Waals surface area contributed by atoms with Gasteiger partial charge in [-0.1, -0.05) is 23.7 Å². The van der Waals surface area contributed by atoms with Gasteiger partial charge in [-0.3, -0.25) is 4.79 Å².